The normalized spacial score (nSPS) is 12.1. The lowest BCUT2D eigenvalue weighted by Crippen LogP contribution is -2.00. The SMILES string of the molecule is C/C(=C\CCCO/C=C(\C)c1ccc(O)cc1)COc1ccc(C)cc1C. The summed E-state index contributed by atoms with van der Waals surface area (Å²) in [4.78, 5) is 0. The highest BCUT2D eigenvalue weighted by Crippen LogP contribution is 2.19. The molecule has 3 nitrogen and oxygen atoms in total. The van der Waals surface area contributed by atoms with Crippen LogP contribution in [0.25, 0.3) is 5.57 Å². The summed E-state index contributed by atoms with van der Waals surface area (Å²) in [5.74, 6) is 1.22. The van der Waals surface area contributed by atoms with Gasteiger partial charge in [-0.25, -0.2) is 0 Å². The standard InChI is InChI=1S/C24H30O3/c1-18-8-13-24(20(3)15-18)27-16-19(2)7-5-6-14-26-17-21(4)22-9-11-23(25)12-10-22/h7-13,15,17,25H,5-6,14,16H2,1-4H3/b19-7+,21-17+. The number of benzene rings is 2. The van der Waals surface area contributed by atoms with E-state index >= 15 is 0 Å². The van der Waals surface area contributed by atoms with E-state index in [4.69, 9.17) is 9.47 Å². The van der Waals surface area contributed by atoms with Crippen molar-refractivity contribution in [2.24, 2.45) is 0 Å². The predicted molar refractivity (Wildman–Crippen MR) is 112 cm³/mol. The summed E-state index contributed by atoms with van der Waals surface area (Å²) < 4.78 is 11.5. The molecule has 2 rings (SSSR count). The van der Waals surface area contributed by atoms with Gasteiger partial charge in [0.05, 0.1) is 12.9 Å². The number of hydrogen-bond acceptors (Lipinski definition) is 3. The Bertz CT molecular complexity index is 786. The fourth-order valence-electron chi connectivity index (χ4n) is 2.70. The van der Waals surface area contributed by atoms with E-state index in [1.807, 2.05) is 25.1 Å². The first-order chi connectivity index (χ1) is 13.0. The van der Waals surface area contributed by atoms with E-state index < -0.39 is 0 Å². The number of phenolic OH excluding ortho intramolecular Hbond substituents is 1. The Balaban J connectivity index is 1.67. The summed E-state index contributed by atoms with van der Waals surface area (Å²) >= 11 is 0. The van der Waals surface area contributed by atoms with Crippen LogP contribution in [-0.4, -0.2) is 18.3 Å². The van der Waals surface area contributed by atoms with Crippen molar-refractivity contribution in [2.75, 3.05) is 13.2 Å². The molecule has 0 amide bonds. The number of unbranched alkanes of at least 4 members (excludes halogenated alkanes) is 1. The van der Waals surface area contributed by atoms with Crippen molar-refractivity contribution >= 4 is 5.57 Å². The van der Waals surface area contributed by atoms with Gasteiger partial charge < -0.3 is 14.6 Å². The molecule has 2 aromatic carbocycles. The monoisotopic (exact) mass is 366 g/mol. The molecule has 1 N–H and O–H groups in total. The maximum Gasteiger partial charge on any atom is 0.122 e. The summed E-state index contributed by atoms with van der Waals surface area (Å²) in [5.41, 5.74) is 5.75. The van der Waals surface area contributed by atoms with Crippen LogP contribution in [0.3, 0.4) is 0 Å². The summed E-state index contributed by atoms with van der Waals surface area (Å²) in [6.07, 6.45) is 5.92. The average molecular weight is 367 g/mol. The lowest BCUT2D eigenvalue weighted by atomic mass is 10.1. The quantitative estimate of drug-likeness (QED) is 0.326. The van der Waals surface area contributed by atoms with Gasteiger partial charge in [0.15, 0.2) is 0 Å². The predicted octanol–water partition coefficient (Wildman–Crippen LogP) is 6.19. The second-order valence-electron chi connectivity index (χ2n) is 6.97. The number of aromatic hydroxyl groups is 1. The molecular weight excluding hydrogens is 336 g/mol. The fourth-order valence-corrected chi connectivity index (χ4v) is 2.70. The zero-order chi connectivity index (χ0) is 19.6. The third-order valence-corrected chi connectivity index (χ3v) is 4.33. The van der Waals surface area contributed by atoms with E-state index in [2.05, 4.69) is 39.0 Å². The zero-order valence-electron chi connectivity index (χ0n) is 16.8. The van der Waals surface area contributed by atoms with E-state index in [0.717, 1.165) is 29.7 Å². The van der Waals surface area contributed by atoms with Crippen LogP contribution in [0.15, 0.2) is 60.4 Å². The first kappa shape index (κ1) is 20.6. The van der Waals surface area contributed by atoms with Crippen LogP contribution in [0.1, 0.15) is 43.4 Å². The first-order valence-corrected chi connectivity index (χ1v) is 9.39. The molecule has 0 radical (unpaired) electrons. The Kier molecular flexibility index (Phi) is 8.00. The lowest BCUT2D eigenvalue weighted by molar-refractivity contribution is 0.247. The third kappa shape index (κ3) is 7.22. The molecule has 0 unspecified atom stereocenters. The van der Waals surface area contributed by atoms with Crippen molar-refractivity contribution in [1.29, 1.82) is 0 Å². The Morgan fingerprint density at radius 2 is 1.78 bits per heavy atom. The van der Waals surface area contributed by atoms with Gasteiger partial charge in [-0.2, -0.15) is 0 Å². The molecule has 0 heterocycles. The summed E-state index contributed by atoms with van der Waals surface area (Å²) in [7, 11) is 0. The maximum atomic E-state index is 9.32. The van der Waals surface area contributed by atoms with Gasteiger partial charge in [-0.15, -0.1) is 0 Å². The largest absolute Gasteiger partial charge is 0.508 e. The van der Waals surface area contributed by atoms with Gasteiger partial charge in [-0.1, -0.05) is 35.9 Å². The number of rotatable bonds is 9. The van der Waals surface area contributed by atoms with Crippen LogP contribution >= 0.6 is 0 Å². The minimum absolute atomic E-state index is 0.274. The minimum Gasteiger partial charge on any atom is -0.508 e. The van der Waals surface area contributed by atoms with Crippen molar-refractivity contribution in [3.05, 3.63) is 77.1 Å². The molecule has 144 valence electrons. The molecule has 0 fully saturated rings. The van der Waals surface area contributed by atoms with Gasteiger partial charge >= 0.3 is 0 Å². The van der Waals surface area contributed by atoms with Gasteiger partial charge in [-0.3, -0.25) is 0 Å². The van der Waals surface area contributed by atoms with E-state index in [1.165, 1.54) is 16.7 Å². The van der Waals surface area contributed by atoms with Crippen LogP contribution in [0, 0.1) is 13.8 Å². The molecule has 0 aliphatic heterocycles. The molecule has 2 aromatic rings. The van der Waals surface area contributed by atoms with Crippen molar-refractivity contribution in [3.63, 3.8) is 0 Å². The van der Waals surface area contributed by atoms with Crippen molar-refractivity contribution < 1.29 is 14.6 Å². The molecular formula is C24H30O3. The van der Waals surface area contributed by atoms with Crippen LogP contribution < -0.4 is 4.74 Å². The summed E-state index contributed by atoms with van der Waals surface area (Å²) in [5, 5.41) is 9.32. The number of allylic oxidation sites excluding steroid dienone is 2. The molecule has 0 aliphatic carbocycles. The number of phenols is 1. The van der Waals surface area contributed by atoms with Crippen molar-refractivity contribution in [3.8, 4) is 11.5 Å². The van der Waals surface area contributed by atoms with Crippen LogP contribution in [0.5, 0.6) is 11.5 Å². The van der Waals surface area contributed by atoms with Crippen molar-refractivity contribution in [1.82, 2.24) is 0 Å². The van der Waals surface area contributed by atoms with Gasteiger partial charge in [0.2, 0.25) is 0 Å². The molecule has 27 heavy (non-hydrogen) atoms. The Morgan fingerprint density at radius 3 is 2.48 bits per heavy atom. The molecule has 3 heteroatoms. The average Bonchev–Trinajstić information content (AvgIpc) is 2.64. The van der Waals surface area contributed by atoms with Crippen LogP contribution in [-0.2, 0) is 4.74 Å². The summed E-state index contributed by atoms with van der Waals surface area (Å²) in [6, 6.07) is 13.4. The second-order valence-corrected chi connectivity index (χ2v) is 6.97. The molecule has 0 saturated carbocycles. The highest BCUT2D eigenvalue weighted by molar-refractivity contribution is 5.63. The van der Waals surface area contributed by atoms with E-state index in [-0.39, 0.29) is 5.75 Å². The number of aryl methyl sites for hydroxylation is 2. The van der Waals surface area contributed by atoms with Crippen molar-refractivity contribution in [2.45, 2.75) is 40.5 Å². The fraction of sp³-hybridized carbons (Fsp3) is 0.333. The Hall–Kier alpha value is -2.68. The van der Waals surface area contributed by atoms with Gasteiger partial charge in [-0.05, 0) is 81.0 Å². The first-order valence-electron chi connectivity index (χ1n) is 9.39. The van der Waals surface area contributed by atoms with Gasteiger partial charge in [0, 0.05) is 0 Å². The maximum absolute atomic E-state index is 9.32. The molecule has 0 aliphatic rings. The molecule has 0 aromatic heterocycles. The second kappa shape index (κ2) is 10.5. The molecule has 0 bridgehead atoms. The van der Waals surface area contributed by atoms with Crippen LogP contribution in [0.2, 0.25) is 0 Å². The third-order valence-electron chi connectivity index (χ3n) is 4.33. The number of hydrogen-bond donors (Lipinski definition) is 1. The van der Waals surface area contributed by atoms with Gasteiger partial charge in [0.25, 0.3) is 0 Å². The zero-order valence-corrected chi connectivity index (χ0v) is 16.8. The molecule has 0 saturated heterocycles. The molecule has 0 spiro atoms. The smallest absolute Gasteiger partial charge is 0.122 e. The topological polar surface area (TPSA) is 38.7 Å². The Morgan fingerprint density at radius 1 is 1.04 bits per heavy atom. The highest BCUT2D eigenvalue weighted by atomic mass is 16.5. The number of ether oxygens (including phenoxy) is 2. The van der Waals surface area contributed by atoms with Crippen LogP contribution in [0.4, 0.5) is 0 Å². The van der Waals surface area contributed by atoms with Gasteiger partial charge in [0.1, 0.15) is 18.1 Å². The molecule has 0 atom stereocenters. The Labute approximate surface area is 163 Å². The van der Waals surface area contributed by atoms with E-state index in [1.54, 1.807) is 18.4 Å². The lowest BCUT2D eigenvalue weighted by Gasteiger charge is -2.10. The minimum atomic E-state index is 0.274. The highest BCUT2D eigenvalue weighted by Gasteiger charge is 2.00. The van der Waals surface area contributed by atoms with E-state index in [9.17, 15) is 5.11 Å². The van der Waals surface area contributed by atoms with E-state index in [0.29, 0.717) is 13.2 Å². The summed E-state index contributed by atoms with van der Waals surface area (Å²) in [6.45, 7) is 9.56.